The second-order valence-corrected chi connectivity index (χ2v) is 4.67. The highest BCUT2D eigenvalue weighted by atomic mass is 14.7. The van der Waals surface area contributed by atoms with Crippen molar-refractivity contribution in [2.45, 2.75) is 19.3 Å². The van der Waals surface area contributed by atoms with Crippen LogP contribution in [-0.4, -0.2) is 6.21 Å². The van der Waals surface area contributed by atoms with Crippen LogP contribution in [0.1, 0.15) is 17.5 Å². The van der Waals surface area contributed by atoms with E-state index in [4.69, 9.17) is 0 Å². The van der Waals surface area contributed by atoms with E-state index >= 15 is 0 Å². The monoisotopic (exact) mass is 209 g/mol. The van der Waals surface area contributed by atoms with Gasteiger partial charge in [-0.2, -0.15) is 0 Å². The molecule has 16 heavy (non-hydrogen) atoms. The van der Waals surface area contributed by atoms with Crippen LogP contribution in [0.4, 0.5) is 0 Å². The van der Waals surface area contributed by atoms with Crippen LogP contribution in [0.25, 0.3) is 0 Å². The average Bonchev–Trinajstić information content (AvgIpc) is 2.96. The lowest BCUT2D eigenvalue weighted by Gasteiger charge is -2.26. The van der Waals surface area contributed by atoms with E-state index < -0.39 is 0 Å². The van der Waals surface area contributed by atoms with Crippen molar-refractivity contribution in [1.29, 1.82) is 0 Å². The minimum absolute atomic E-state index is 0.125. The largest absolute Gasteiger partial charge is 0.269 e. The number of benzene rings is 1. The first-order valence-corrected chi connectivity index (χ1v) is 5.76. The summed E-state index contributed by atoms with van der Waals surface area (Å²) in [5, 5.41) is 0. The summed E-state index contributed by atoms with van der Waals surface area (Å²) in [7, 11) is 0. The average molecular weight is 209 g/mol. The fraction of sp³-hybridized carbons (Fsp3) is 0.267. The zero-order chi connectivity index (χ0) is 11.0. The summed E-state index contributed by atoms with van der Waals surface area (Å²) in [6.07, 6.45) is 9.29. The van der Waals surface area contributed by atoms with E-state index in [-0.39, 0.29) is 5.41 Å². The number of allylic oxidation sites excluding steroid dienone is 2. The van der Waals surface area contributed by atoms with Gasteiger partial charge in [0.05, 0.1) is 0 Å². The third-order valence-electron chi connectivity index (χ3n) is 3.81. The highest BCUT2D eigenvalue weighted by Crippen LogP contribution is 2.45. The molecule has 0 bridgehead atoms. The van der Waals surface area contributed by atoms with Crippen molar-refractivity contribution in [2.24, 2.45) is 10.4 Å². The number of fused-ring (bicyclic) bond motifs is 1. The molecular weight excluding hydrogens is 194 g/mol. The second-order valence-electron chi connectivity index (χ2n) is 4.67. The fourth-order valence-electron chi connectivity index (χ4n) is 2.83. The first-order chi connectivity index (χ1) is 7.84. The maximum absolute atomic E-state index is 4.23. The van der Waals surface area contributed by atoms with E-state index in [0.717, 1.165) is 19.3 Å². The molecule has 0 saturated carbocycles. The Bertz CT molecular complexity index is 469. The summed E-state index contributed by atoms with van der Waals surface area (Å²) in [5.41, 5.74) is 4.48. The Labute approximate surface area is 96.2 Å². The molecule has 0 N–H and O–H groups in total. The van der Waals surface area contributed by atoms with Crippen molar-refractivity contribution in [3.05, 3.63) is 59.8 Å². The summed E-state index contributed by atoms with van der Waals surface area (Å²) in [6, 6.07) is 8.71. The molecule has 1 aromatic carbocycles. The Morgan fingerprint density at radius 3 is 2.38 bits per heavy atom. The maximum atomic E-state index is 4.23. The molecular formula is C15H15N. The molecule has 1 nitrogen and oxygen atoms in total. The van der Waals surface area contributed by atoms with Crippen LogP contribution >= 0.6 is 0 Å². The summed E-state index contributed by atoms with van der Waals surface area (Å²) in [6.45, 7) is 4.05. The second kappa shape index (κ2) is 3.44. The van der Waals surface area contributed by atoms with Crippen LogP contribution in [0.15, 0.2) is 53.7 Å². The SMILES string of the molecule is C=CC1(C2=CN=CC2)Cc2ccccc2C1. The smallest absolute Gasteiger partial charge is 0.0268 e. The van der Waals surface area contributed by atoms with E-state index in [2.05, 4.69) is 41.9 Å². The number of rotatable bonds is 2. The van der Waals surface area contributed by atoms with E-state index in [1.165, 1.54) is 16.7 Å². The quantitative estimate of drug-likeness (QED) is 0.663. The van der Waals surface area contributed by atoms with Crippen LogP contribution in [-0.2, 0) is 12.8 Å². The van der Waals surface area contributed by atoms with Crippen molar-refractivity contribution in [3.63, 3.8) is 0 Å². The molecule has 0 fully saturated rings. The molecule has 2 aliphatic rings. The maximum Gasteiger partial charge on any atom is 0.0268 e. The molecule has 0 aromatic heterocycles. The number of hydrogen-bond acceptors (Lipinski definition) is 1. The Hall–Kier alpha value is -1.63. The molecule has 1 heteroatoms. The van der Waals surface area contributed by atoms with Gasteiger partial charge in [0.15, 0.2) is 0 Å². The van der Waals surface area contributed by atoms with Gasteiger partial charge in [0.1, 0.15) is 0 Å². The standard InChI is InChI=1S/C15H15N/c1-2-15(14-7-8-16-11-14)9-12-5-3-4-6-13(12)10-15/h2-6,8,11H,1,7,9-10H2. The lowest BCUT2D eigenvalue weighted by atomic mass is 9.77. The van der Waals surface area contributed by atoms with E-state index in [1.54, 1.807) is 0 Å². The summed E-state index contributed by atoms with van der Waals surface area (Å²) in [5.74, 6) is 0. The fourth-order valence-corrected chi connectivity index (χ4v) is 2.83. The van der Waals surface area contributed by atoms with Gasteiger partial charge in [-0.1, -0.05) is 30.3 Å². The minimum atomic E-state index is 0.125. The van der Waals surface area contributed by atoms with Crippen molar-refractivity contribution in [3.8, 4) is 0 Å². The van der Waals surface area contributed by atoms with Gasteiger partial charge in [-0.05, 0) is 29.5 Å². The van der Waals surface area contributed by atoms with Gasteiger partial charge in [0.25, 0.3) is 0 Å². The van der Waals surface area contributed by atoms with Gasteiger partial charge < -0.3 is 0 Å². The number of aliphatic imine (C=N–C) groups is 1. The molecule has 0 amide bonds. The van der Waals surface area contributed by atoms with Gasteiger partial charge in [-0.3, -0.25) is 4.99 Å². The highest BCUT2D eigenvalue weighted by Gasteiger charge is 2.37. The van der Waals surface area contributed by atoms with Crippen LogP contribution < -0.4 is 0 Å². The summed E-state index contributed by atoms with van der Waals surface area (Å²) >= 11 is 0. The Morgan fingerprint density at radius 2 is 1.88 bits per heavy atom. The third-order valence-corrected chi connectivity index (χ3v) is 3.81. The zero-order valence-corrected chi connectivity index (χ0v) is 9.32. The molecule has 1 aliphatic carbocycles. The summed E-state index contributed by atoms with van der Waals surface area (Å²) in [4.78, 5) is 4.23. The van der Waals surface area contributed by atoms with Crippen LogP contribution in [0.5, 0.6) is 0 Å². The Morgan fingerprint density at radius 1 is 1.19 bits per heavy atom. The number of hydrogen-bond donors (Lipinski definition) is 0. The summed E-state index contributed by atoms with van der Waals surface area (Å²) < 4.78 is 0. The highest BCUT2D eigenvalue weighted by molar-refractivity contribution is 5.67. The van der Waals surface area contributed by atoms with E-state index in [9.17, 15) is 0 Å². The van der Waals surface area contributed by atoms with E-state index in [1.807, 2.05) is 12.4 Å². The molecule has 1 aliphatic heterocycles. The first-order valence-electron chi connectivity index (χ1n) is 5.76. The molecule has 0 unspecified atom stereocenters. The van der Waals surface area contributed by atoms with Crippen LogP contribution in [0.3, 0.4) is 0 Å². The molecule has 1 heterocycles. The first kappa shape index (κ1) is 9.59. The predicted octanol–water partition coefficient (Wildman–Crippen LogP) is 3.32. The molecule has 80 valence electrons. The van der Waals surface area contributed by atoms with Gasteiger partial charge in [-0.15, -0.1) is 6.58 Å². The molecule has 0 spiro atoms. The number of nitrogens with zero attached hydrogens (tertiary/aromatic N) is 1. The molecule has 0 atom stereocenters. The molecule has 0 saturated heterocycles. The third kappa shape index (κ3) is 1.28. The van der Waals surface area contributed by atoms with Gasteiger partial charge >= 0.3 is 0 Å². The molecule has 1 aromatic rings. The van der Waals surface area contributed by atoms with Crippen molar-refractivity contribution in [2.75, 3.05) is 0 Å². The predicted molar refractivity (Wildman–Crippen MR) is 67.7 cm³/mol. The topological polar surface area (TPSA) is 12.4 Å². The lowest BCUT2D eigenvalue weighted by molar-refractivity contribution is 0.488. The van der Waals surface area contributed by atoms with Crippen LogP contribution in [0, 0.1) is 5.41 Å². The Kier molecular flexibility index (Phi) is 2.06. The molecule has 0 radical (unpaired) electrons. The van der Waals surface area contributed by atoms with Crippen molar-refractivity contribution < 1.29 is 0 Å². The van der Waals surface area contributed by atoms with Crippen molar-refractivity contribution >= 4 is 6.21 Å². The van der Waals surface area contributed by atoms with Crippen LogP contribution in [0.2, 0.25) is 0 Å². The minimum Gasteiger partial charge on any atom is -0.269 e. The molecule has 3 rings (SSSR count). The Balaban J connectivity index is 2.00. The van der Waals surface area contributed by atoms with Gasteiger partial charge in [-0.25, -0.2) is 0 Å². The lowest BCUT2D eigenvalue weighted by Crippen LogP contribution is -2.20. The van der Waals surface area contributed by atoms with Gasteiger partial charge in [0.2, 0.25) is 0 Å². The van der Waals surface area contributed by atoms with Gasteiger partial charge in [0, 0.05) is 24.3 Å². The normalized spacial score (nSPS) is 20.6. The van der Waals surface area contributed by atoms with E-state index in [0.29, 0.717) is 0 Å². The van der Waals surface area contributed by atoms with Crippen molar-refractivity contribution in [1.82, 2.24) is 0 Å². The zero-order valence-electron chi connectivity index (χ0n) is 9.32.